The van der Waals surface area contributed by atoms with E-state index in [9.17, 15) is 4.79 Å². The van der Waals surface area contributed by atoms with Gasteiger partial charge in [0.25, 0.3) is 5.91 Å². The number of hydrogen-bond acceptors (Lipinski definition) is 5. The molecule has 0 atom stereocenters. The van der Waals surface area contributed by atoms with Gasteiger partial charge in [0.2, 0.25) is 5.95 Å². The predicted octanol–water partition coefficient (Wildman–Crippen LogP) is 3.31. The molecule has 0 saturated carbocycles. The van der Waals surface area contributed by atoms with Crippen LogP contribution in [0.3, 0.4) is 0 Å². The molecule has 6 nitrogen and oxygen atoms in total. The van der Waals surface area contributed by atoms with E-state index in [4.69, 9.17) is 0 Å². The predicted molar refractivity (Wildman–Crippen MR) is 94.9 cm³/mol. The lowest BCUT2D eigenvalue weighted by molar-refractivity contribution is 0.0946. The second kappa shape index (κ2) is 7.65. The summed E-state index contributed by atoms with van der Waals surface area (Å²) in [7, 11) is 0. The van der Waals surface area contributed by atoms with E-state index in [0.29, 0.717) is 18.2 Å². The third-order valence-corrected chi connectivity index (χ3v) is 3.72. The fourth-order valence-corrected chi connectivity index (χ4v) is 2.25. The van der Waals surface area contributed by atoms with Gasteiger partial charge in [0.05, 0.1) is 0 Å². The summed E-state index contributed by atoms with van der Waals surface area (Å²) in [4.78, 5) is 24.5. The molecule has 120 valence electrons. The average Bonchev–Trinajstić information content (AvgIpc) is 2.63. The molecule has 0 aliphatic rings. The molecule has 0 fully saturated rings. The third kappa shape index (κ3) is 4.36. The highest BCUT2D eigenvalue weighted by molar-refractivity contribution is 9.10. The quantitative estimate of drug-likeness (QED) is 0.706. The van der Waals surface area contributed by atoms with Gasteiger partial charge in [0.1, 0.15) is 5.69 Å². The van der Waals surface area contributed by atoms with E-state index in [-0.39, 0.29) is 5.91 Å². The molecule has 0 radical (unpaired) electrons. The molecule has 3 rings (SSSR count). The summed E-state index contributed by atoms with van der Waals surface area (Å²) < 4.78 is 0.984. The average molecular weight is 384 g/mol. The van der Waals surface area contributed by atoms with Crippen molar-refractivity contribution in [1.82, 2.24) is 20.3 Å². The molecular formula is C17H14BrN5O. The van der Waals surface area contributed by atoms with E-state index in [1.54, 1.807) is 24.7 Å². The van der Waals surface area contributed by atoms with Crippen molar-refractivity contribution in [3.63, 3.8) is 0 Å². The lowest BCUT2D eigenvalue weighted by Gasteiger charge is -2.07. The molecule has 1 amide bonds. The Labute approximate surface area is 147 Å². The highest BCUT2D eigenvalue weighted by Gasteiger charge is 2.08. The zero-order valence-corrected chi connectivity index (χ0v) is 14.2. The maximum absolute atomic E-state index is 12.2. The molecule has 7 heteroatoms. The van der Waals surface area contributed by atoms with Crippen LogP contribution in [-0.2, 0) is 6.54 Å². The maximum Gasteiger partial charge on any atom is 0.270 e. The first-order chi connectivity index (χ1) is 11.7. The molecule has 0 spiro atoms. The van der Waals surface area contributed by atoms with Crippen molar-refractivity contribution in [1.29, 1.82) is 0 Å². The number of nitrogens with zero attached hydrogens (tertiary/aromatic N) is 3. The lowest BCUT2D eigenvalue weighted by Crippen LogP contribution is -2.24. The fourth-order valence-electron chi connectivity index (χ4n) is 1.98. The number of amides is 1. The molecule has 0 unspecified atom stereocenters. The zero-order chi connectivity index (χ0) is 16.8. The number of rotatable bonds is 5. The third-order valence-electron chi connectivity index (χ3n) is 3.19. The molecule has 0 bridgehead atoms. The topological polar surface area (TPSA) is 79.8 Å². The molecular weight excluding hydrogens is 370 g/mol. The summed E-state index contributed by atoms with van der Waals surface area (Å²) in [6.07, 6.45) is 4.92. The van der Waals surface area contributed by atoms with Crippen molar-refractivity contribution in [2.75, 3.05) is 5.32 Å². The minimum Gasteiger partial charge on any atom is -0.347 e. The van der Waals surface area contributed by atoms with E-state index in [1.165, 1.54) is 0 Å². The largest absolute Gasteiger partial charge is 0.347 e. The van der Waals surface area contributed by atoms with E-state index in [1.807, 2.05) is 36.4 Å². The number of pyridine rings is 1. The maximum atomic E-state index is 12.2. The Morgan fingerprint density at radius 2 is 1.75 bits per heavy atom. The number of carbonyl (C=O) groups excluding carboxylic acids is 1. The van der Waals surface area contributed by atoms with Gasteiger partial charge in [-0.3, -0.25) is 9.78 Å². The van der Waals surface area contributed by atoms with Crippen molar-refractivity contribution < 1.29 is 4.79 Å². The van der Waals surface area contributed by atoms with Crippen LogP contribution < -0.4 is 10.6 Å². The van der Waals surface area contributed by atoms with Crippen molar-refractivity contribution >= 4 is 33.5 Å². The van der Waals surface area contributed by atoms with Crippen LogP contribution >= 0.6 is 15.9 Å². The Balaban J connectivity index is 1.65. The first-order valence-corrected chi connectivity index (χ1v) is 8.03. The summed E-state index contributed by atoms with van der Waals surface area (Å²) in [6, 6.07) is 12.9. The van der Waals surface area contributed by atoms with Crippen LogP contribution in [0.1, 0.15) is 16.1 Å². The Morgan fingerprint density at radius 3 is 2.50 bits per heavy atom. The summed E-state index contributed by atoms with van der Waals surface area (Å²) in [6.45, 7) is 0.417. The molecule has 0 aliphatic carbocycles. The summed E-state index contributed by atoms with van der Waals surface area (Å²) >= 11 is 3.38. The van der Waals surface area contributed by atoms with Crippen LogP contribution in [0.4, 0.5) is 11.6 Å². The number of aromatic nitrogens is 3. The van der Waals surface area contributed by atoms with Crippen LogP contribution in [0.5, 0.6) is 0 Å². The Kier molecular flexibility index (Phi) is 5.12. The SMILES string of the molecule is O=C(NCc1ccncc1)c1ccnc(Nc2ccc(Br)cc2)n1. The van der Waals surface area contributed by atoms with Gasteiger partial charge in [0.15, 0.2) is 0 Å². The van der Waals surface area contributed by atoms with Gasteiger partial charge < -0.3 is 10.6 Å². The first kappa shape index (κ1) is 16.1. The van der Waals surface area contributed by atoms with Crippen LogP contribution in [-0.4, -0.2) is 20.9 Å². The second-order valence-electron chi connectivity index (χ2n) is 4.94. The number of nitrogens with one attached hydrogen (secondary N) is 2. The van der Waals surface area contributed by atoms with Crippen LogP contribution in [0, 0.1) is 0 Å². The van der Waals surface area contributed by atoms with E-state index in [0.717, 1.165) is 15.7 Å². The molecule has 2 heterocycles. The van der Waals surface area contributed by atoms with Gasteiger partial charge in [0, 0.05) is 35.3 Å². The summed E-state index contributed by atoms with van der Waals surface area (Å²) in [5, 5.41) is 5.89. The van der Waals surface area contributed by atoms with Crippen LogP contribution in [0.2, 0.25) is 0 Å². The zero-order valence-electron chi connectivity index (χ0n) is 12.6. The number of benzene rings is 1. The summed E-state index contributed by atoms with van der Waals surface area (Å²) in [5.41, 5.74) is 2.12. The number of halogens is 1. The standard InChI is InChI=1S/C17H14BrN5O/c18-13-1-3-14(4-2-13)22-17-20-10-7-15(23-17)16(24)21-11-12-5-8-19-9-6-12/h1-10H,11H2,(H,21,24)(H,20,22,23). The Morgan fingerprint density at radius 1 is 1.00 bits per heavy atom. The van der Waals surface area contributed by atoms with E-state index < -0.39 is 0 Å². The Hall–Kier alpha value is -2.80. The lowest BCUT2D eigenvalue weighted by atomic mass is 10.2. The molecule has 24 heavy (non-hydrogen) atoms. The first-order valence-electron chi connectivity index (χ1n) is 7.23. The highest BCUT2D eigenvalue weighted by Crippen LogP contribution is 2.17. The van der Waals surface area contributed by atoms with Crippen LogP contribution in [0.15, 0.2) is 65.5 Å². The van der Waals surface area contributed by atoms with E-state index >= 15 is 0 Å². The van der Waals surface area contributed by atoms with Gasteiger partial charge in [-0.05, 0) is 48.0 Å². The monoisotopic (exact) mass is 383 g/mol. The fraction of sp³-hybridized carbons (Fsp3) is 0.0588. The number of hydrogen-bond donors (Lipinski definition) is 2. The minimum atomic E-state index is -0.256. The van der Waals surface area contributed by atoms with Crippen molar-refractivity contribution in [2.24, 2.45) is 0 Å². The number of carbonyl (C=O) groups is 1. The van der Waals surface area contributed by atoms with Crippen LogP contribution in [0.25, 0.3) is 0 Å². The smallest absolute Gasteiger partial charge is 0.270 e. The van der Waals surface area contributed by atoms with Crippen molar-refractivity contribution in [2.45, 2.75) is 6.54 Å². The van der Waals surface area contributed by atoms with Crippen molar-refractivity contribution in [3.05, 3.63) is 76.8 Å². The molecule has 1 aromatic carbocycles. The van der Waals surface area contributed by atoms with Gasteiger partial charge >= 0.3 is 0 Å². The van der Waals surface area contributed by atoms with Gasteiger partial charge in [-0.1, -0.05) is 15.9 Å². The molecule has 2 N–H and O–H groups in total. The van der Waals surface area contributed by atoms with Gasteiger partial charge in [-0.15, -0.1) is 0 Å². The van der Waals surface area contributed by atoms with Gasteiger partial charge in [-0.25, -0.2) is 9.97 Å². The van der Waals surface area contributed by atoms with Gasteiger partial charge in [-0.2, -0.15) is 0 Å². The molecule has 0 saturated heterocycles. The number of anilines is 2. The van der Waals surface area contributed by atoms with Crippen molar-refractivity contribution in [3.8, 4) is 0 Å². The normalized spacial score (nSPS) is 10.2. The highest BCUT2D eigenvalue weighted by atomic mass is 79.9. The van der Waals surface area contributed by atoms with E-state index in [2.05, 4.69) is 41.5 Å². The second-order valence-corrected chi connectivity index (χ2v) is 5.85. The minimum absolute atomic E-state index is 0.256. The molecule has 0 aliphatic heterocycles. The Bertz CT molecular complexity index is 824. The summed E-state index contributed by atoms with van der Waals surface area (Å²) in [5.74, 6) is 0.113. The molecule has 3 aromatic rings. The molecule has 2 aromatic heterocycles.